The van der Waals surface area contributed by atoms with Crippen molar-refractivity contribution in [3.05, 3.63) is 42.5 Å². The van der Waals surface area contributed by atoms with Crippen molar-refractivity contribution in [1.29, 1.82) is 0 Å². The first-order chi connectivity index (χ1) is 11.5. The highest BCUT2D eigenvalue weighted by molar-refractivity contribution is 6.13. The SMILES string of the molecule is COCC1=NN(CCOc2cccc3ccccc23)C(=O)C1(O)O. The molecule has 2 aromatic rings. The lowest BCUT2D eigenvalue weighted by molar-refractivity contribution is -0.169. The van der Waals surface area contributed by atoms with Crippen LogP contribution in [0, 0.1) is 0 Å². The molecule has 1 aliphatic rings. The lowest BCUT2D eigenvalue weighted by Crippen LogP contribution is -2.48. The third-order valence-electron chi connectivity index (χ3n) is 3.77. The first-order valence-corrected chi connectivity index (χ1v) is 7.48. The van der Waals surface area contributed by atoms with Gasteiger partial charge >= 0.3 is 5.91 Å². The van der Waals surface area contributed by atoms with E-state index in [9.17, 15) is 15.0 Å². The maximum absolute atomic E-state index is 12.0. The van der Waals surface area contributed by atoms with Crippen LogP contribution in [0.2, 0.25) is 0 Å². The Balaban J connectivity index is 1.67. The molecule has 126 valence electrons. The predicted octanol–water partition coefficient (Wildman–Crippen LogP) is 0.744. The highest BCUT2D eigenvalue weighted by Crippen LogP contribution is 2.25. The number of fused-ring (bicyclic) bond motifs is 1. The zero-order valence-electron chi connectivity index (χ0n) is 13.2. The maximum Gasteiger partial charge on any atom is 0.309 e. The Morgan fingerprint density at radius 2 is 1.92 bits per heavy atom. The summed E-state index contributed by atoms with van der Waals surface area (Å²) in [5.74, 6) is -2.83. The van der Waals surface area contributed by atoms with Crippen LogP contribution < -0.4 is 4.74 Å². The van der Waals surface area contributed by atoms with Gasteiger partial charge in [-0.05, 0) is 11.5 Å². The number of aliphatic hydroxyl groups is 2. The van der Waals surface area contributed by atoms with Crippen LogP contribution in [-0.2, 0) is 9.53 Å². The van der Waals surface area contributed by atoms with Crippen molar-refractivity contribution in [1.82, 2.24) is 5.01 Å². The summed E-state index contributed by atoms with van der Waals surface area (Å²) < 4.78 is 10.6. The van der Waals surface area contributed by atoms with E-state index in [4.69, 9.17) is 9.47 Å². The van der Waals surface area contributed by atoms with E-state index in [1.807, 2.05) is 42.5 Å². The molecule has 7 heteroatoms. The van der Waals surface area contributed by atoms with Crippen molar-refractivity contribution in [2.24, 2.45) is 5.10 Å². The van der Waals surface area contributed by atoms with Gasteiger partial charge < -0.3 is 19.7 Å². The molecule has 0 aromatic heterocycles. The van der Waals surface area contributed by atoms with E-state index in [0.29, 0.717) is 5.75 Å². The smallest absolute Gasteiger partial charge is 0.309 e. The summed E-state index contributed by atoms with van der Waals surface area (Å²) in [5.41, 5.74) is -0.139. The first-order valence-electron chi connectivity index (χ1n) is 7.48. The van der Waals surface area contributed by atoms with Gasteiger partial charge in [0.05, 0.1) is 13.2 Å². The average molecular weight is 330 g/mol. The van der Waals surface area contributed by atoms with Crippen LogP contribution in [0.3, 0.4) is 0 Å². The van der Waals surface area contributed by atoms with Crippen LogP contribution in [0.1, 0.15) is 0 Å². The predicted molar refractivity (Wildman–Crippen MR) is 87.6 cm³/mol. The van der Waals surface area contributed by atoms with Gasteiger partial charge in [-0.25, -0.2) is 5.01 Å². The molecule has 0 atom stereocenters. The molecule has 0 saturated heterocycles. The van der Waals surface area contributed by atoms with Gasteiger partial charge in [0.2, 0.25) is 0 Å². The first kappa shape index (κ1) is 16.4. The second kappa shape index (κ2) is 6.56. The Kier molecular flexibility index (Phi) is 4.48. The van der Waals surface area contributed by atoms with Gasteiger partial charge in [0.15, 0.2) is 0 Å². The molecular weight excluding hydrogens is 312 g/mol. The van der Waals surface area contributed by atoms with E-state index in [-0.39, 0.29) is 25.5 Å². The minimum atomic E-state index is -2.62. The molecular formula is C17H18N2O5. The van der Waals surface area contributed by atoms with Crippen LogP contribution in [0.15, 0.2) is 47.6 Å². The van der Waals surface area contributed by atoms with E-state index in [2.05, 4.69) is 5.10 Å². The van der Waals surface area contributed by atoms with Gasteiger partial charge in [-0.2, -0.15) is 5.10 Å². The van der Waals surface area contributed by atoms with Crippen molar-refractivity contribution >= 4 is 22.4 Å². The number of rotatable bonds is 6. The number of hydrogen-bond acceptors (Lipinski definition) is 6. The average Bonchev–Trinajstić information content (AvgIpc) is 2.79. The Bertz CT molecular complexity index is 782. The van der Waals surface area contributed by atoms with Gasteiger partial charge in [-0.1, -0.05) is 36.4 Å². The normalized spacial score (nSPS) is 16.5. The lowest BCUT2D eigenvalue weighted by atomic mass is 10.1. The largest absolute Gasteiger partial charge is 0.491 e. The summed E-state index contributed by atoms with van der Waals surface area (Å²) in [6, 6.07) is 13.5. The monoisotopic (exact) mass is 330 g/mol. The van der Waals surface area contributed by atoms with Crippen LogP contribution >= 0.6 is 0 Å². The number of nitrogens with zero attached hydrogens (tertiary/aromatic N) is 2. The highest BCUT2D eigenvalue weighted by Gasteiger charge is 2.48. The maximum atomic E-state index is 12.0. The number of carbonyl (C=O) groups excluding carboxylic acids is 1. The fourth-order valence-electron chi connectivity index (χ4n) is 2.55. The van der Waals surface area contributed by atoms with Gasteiger partial charge in [0, 0.05) is 12.5 Å². The minimum Gasteiger partial charge on any atom is -0.491 e. The Morgan fingerprint density at radius 3 is 2.71 bits per heavy atom. The second-order valence-corrected chi connectivity index (χ2v) is 5.41. The van der Waals surface area contributed by atoms with Gasteiger partial charge in [0.1, 0.15) is 18.1 Å². The molecule has 0 bridgehead atoms. The second-order valence-electron chi connectivity index (χ2n) is 5.41. The molecule has 3 rings (SSSR count). The van der Waals surface area contributed by atoms with Crippen LogP contribution in [0.4, 0.5) is 0 Å². The van der Waals surface area contributed by atoms with Crippen molar-refractivity contribution in [2.75, 3.05) is 26.9 Å². The molecule has 1 amide bonds. The number of carbonyl (C=O) groups is 1. The zero-order valence-corrected chi connectivity index (χ0v) is 13.2. The van der Waals surface area contributed by atoms with E-state index in [1.165, 1.54) is 7.11 Å². The number of hydrogen-bond donors (Lipinski definition) is 2. The molecule has 0 unspecified atom stereocenters. The molecule has 1 aliphatic heterocycles. The summed E-state index contributed by atoms with van der Waals surface area (Å²) in [7, 11) is 1.38. The Hall–Kier alpha value is -2.48. The highest BCUT2D eigenvalue weighted by atomic mass is 16.5. The molecule has 0 fully saturated rings. The number of methoxy groups -OCH3 is 1. The molecule has 0 spiro atoms. The zero-order chi connectivity index (χ0) is 17.2. The summed E-state index contributed by atoms with van der Waals surface area (Å²) in [6.07, 6.45) is 0. The molecule has 2 N–H and O–H groups in total. The number of hydrazone groups is 1. The quantitative estimate of drug-likeness (QED) is 0.763. The third-order valence-corrected chi connectivity index (χ3v) is 3.77. The summed E-state index contributed by atoms with van der Waals surface area (Å²) >= 11 is 0. The molecule has 0 aliphatic carbocycles. The van der Waals surface area contributed by atoms with Crippen LogP contribution in [-0.4, -0.2) is 59.5 Å². The van der Waals surface area contributed by atoms with Crippen LogP contribution in [0.25, 0.3) is 10.8 Å². The van der Waals surface area contributed by atoms with Crippen molar-refractivity contribution in [3.63, 3.8) is 0 Å². The van der Waals surface area contributed by atoms with Gasteiger partial charge in [0.25, 0.3) is 5.79 Å². The number of ether oxygens (including phenoxy) is 2. The fraction of sp³-hybridized carbons (Fsp3) is 0.294. The molecule has 24 heavy (non-hydrogen) atoms. The summed E-state index contributed by atoms with van der Waals surface area (Å²) in [6.45, 7) is 0.122. The standard InChI is InChI=1S/C17H18N2O5/c1-23-11-15-17(21,22)16(20)19(18-15)9-10-24-14-8-4-6-12-5-2-3-7-13(12)14/h2-8,21-22H,9-11H2,1H3. The molecule has 7 nitrogen and oxygen atoms in total. The summed E-state index contributed by atoms with van der Waals surface area (Å²) in [4.78, 5) is 12.0. The van der Waals surface area contributed by atoms with E-state index >= 15 is 0 Å². The molecule has 0 saturated carbocycles. The molecule has 0 radical (unpaired) electrons. The van der Waals surface area contributed by atoms with Gasteiger partial charge in [-0.15, -0.1) is 0 Å². The van der Waals surface area contributed by atoms with E-state index < -0.39 is 11.7 Å². The number of amides is 1. The van der Waals surface area contributed by atoms with Crippen molar-refractivity contribution in [3.8, 4) is 5.75 Å². The third kappa shape index (κ3) is 2.96. The van der Waals surface area contributed by atoms with E-state index in [1.54, 1.807) is 0 Å². The topological polar surface area (TPSA) is 91.6 Å². The van der Waals surface area contributed by atoms with Crippen molar-refractivity contribution in [2.45, 2.75) is 5.79 Å². The van der Waals surface area contributed by atoms with Gasteiger partial charge in [-0.3, -0.25) is 4.79 Å². The van der Waals surface area contributed by atoms with E-state index in [0.717, 1.165) is 15.8 Å². The van der Waals surface area contributed by atoms with Crippen molar-refractivity contribution < 1.29 is 24.5 Å². The lowest BCUT2D eigenvalue weighted by Gasteiger charge is -2.17. The molecule has 1 heterocycles. The molecule has 2 aromatic carbocycles. The Morgan fingerprint density at radius 1 is 1.17 bits per heavy atom. The minimum absolute atomic E-state index is 0.0954. The fourth-order valence-corrected chi connectivity index (χ4v) is 2.55. The number of benzene rings is 2. The van der Waals surface area contributed by atoms with Crippen LogP contribution in [0.5, 0.6) is 5.75 Å². The Labute approximate surface area is 138 Å². The summed E-state index contributed by atoms with van der Waals surface area (Å²) in [5, 5.41) is 26.5.